The van der Waals surface area contributed by atoms with E-state index in [2.05, 4.69) is 5.32 Å². The highest BCUT2D eigenvalue weighted by molar-refractivity contribution is 5.70. The summed E-state index contributed by atoms with van der Waals surface area (Å²) in [6.07, 6.45) is 0.622. The largest absolute Gasteiger partial charge is 0.491 e. The first-order valence-corrected chi connectivity index (χ1v) is 12.5. The second kappa shape index (κ2) is 13.9. The summed E-state index contributed by atoms with van der Waals surface area (Å²) in [6.45, 7) is 8.12. The molecule has 2 aliphatic rings. The van der Waals surface area contributed by atoms with Crippen molar-refractivity contribution < 1.29 is 38.7 Å². The van der Waals surface area contributed by atoms with E-state index in [0.29, 0.717) is 71.1 Å². The van der Waals surface area contributed by atoms with Crippen LogP contribution in [-0.4, -0.2) is 110 Å². The number of morpholine rings is 1. The fraction of sp³-hybridized carbons (Fsp3) is 0.680. The van der Waals surface area contributed by atoms with Gasteiger partial charge in [-0.3, -0.25) is 14.6 Å². The third-order valence-electron chi connectivity index (χ3n) is 6.18. The van der Waals surface area contributed by atoms with E-state index in [-0.39, 0.29) is 12.7 Å². The van der Waals surface area contributed by atoms with E-state index in [1.165, 1.54) is 0 Å². The summed E-state index contributed by atoms with van der Waals surface area (Å²) in [6, 6.07) is 7.23. The molecule has 3 rings (SSSR count). The number of aliphatic carboxylic acids is 1. The maximum atomic E-state index is 11.8. The van der Waals surface area contributed by atoms with Gasteiger partial charge in [0.25, 0.3) is 0 Å². The lowest BCUT2D eigenvalue weighted by Gasteiger charge is -2.34. The van der Waals surface area contributed by atoms with Gasteiger partial charge in [0, 0.05) is 32.7 Å². The van der Waals surface area contributed by atoms with Crippen molar-refractivity contribution in [3.05, 3.63) is 29.8 Å². The van der Waals surface area contributed by atoms with Crippen molar-refractivity contribution in [3.63, 3.8) is 0 Å². The zero-order valence-electron chi connectivity index (χ0n) is 21.1. The first-order valence-electron chi connectivity index (χ1n) is 12.5. The number of nitrogens with zero attached hydrogens (tertiary/aromatic N) is 2. The Hall–Kier alpha value is -2.28. The van der Waals surface area contributed by atoms with Crippen molar-refractivity contribution in [2.24, 2.45) is 5.92 Å². The van der Waals surface area contributed by atoms with Gasteiger partial charge >= 0.3 is 5.97 Å². The number of aliphatic hydroxyl groups is 1. The maximum absolute atomic E-state index is 11.8. The monoisotopic (exact) mass is 509 g/mol. The molecule has 0 spiro atoms. The Labute approximate surface area is 212 Å². The number of ether oxygens (including phenoxy) is 4. The van der Waals surface area contributed by atoms with Crippen LogP contribution in [-0.2, 0) is 30.2 Å². The van der Waals surface area contributed by atoms with E-state index in [0.717, 1.165) is 12.0 Å². The lowest BCUT2D eigenvalue weighted by Crippen LogP contribution is -2.50. The Balaban J connectivity index is 1.34. The summed E-state index contributed by atoms with van der Waals surface area (Å²) >= 11 is 0. The molecular formula is C25H39N3O8. The van der Waals surface area contributed by atoms with Gasteiger partial charge in [0.2, 0.25) is 6.41 Å². The smallest absolute Gasteiger partial charge is 0.306 e. The molecule has 0 saturated carbocycles. The van der Waals surface area contributed by atoms with E-state index in [9.17, 15) is 19.8 Å². The van der Waals surface area contributed by atoms with E-state index >= 15 is 0 Å². The Morgan fingerprint density at radius 1 is 1.31 bits per heavy atom. The van der Waals surface area contributed by atoms with Crippen LogP contribution < -0.4 is 10.1 Å². The number of carboxylic acid groups (broad SMARTS) is 1. The van der Waals surface area contributed by atoms with Crippen LogP contribution in [0.4, 0.5) is 0 Å². The molecule has 1 unspecified atom stereocenters. The number of amides is 1. The Bertz CT molecular complexity index is 816. The number of carbonyl (C=O) groups is 2. The van der Waals surface area contributed by atoms with Crippen LogP contribution in [0, 0.1) is 5.92 Å². The molecule has 2 saturated heterocycles. The van der Waals surface area contributed by atoms with Crippen molar-refractivity contribution in [3.8, 4) is 5.75 Å². The minimum absolute atomic E-state index is 0.111. The molecule has 11 heteroatoms. The van der Waals surface area contributed by atoms with Gasteiger partial charge in [-0.05, 0) is 44.4 Å². The molecule has 0 aliphatic carbocycles. The van der Waals surface area contributed by atoms with E-state index in [1.807, 2.05) is 31.0 Å². The second-order valence-corrected chi connectivity index (χ2v) is 9.57. The molecule has 1 aromatic rings. The minimum atomic E-state index is -0.861. The lowest BCUT2D eigenvalue weighted by atomic mass is 9.94. The molecular weight excluding hydrogens is 470 g/mol. The Morgan fingerprint density at radius 2 is 2.03 bits per heavy atom. The molecule has 2 heterocycles. The minimum Gasteiger partial charge on any atom is -0.491 e. The lowest BCUT2D eigenvalue weighted by molar-refractivity contribution is -0.149. The van der Waals surface area contributed by atoms with Crippen molar-refractivity contribution in [1.29, 1.82) is 0 Å². The predicted molar refractivity (Wildman–Crippen MR) is 130 cm³/mol. The van der Waals surface area contributed by atoms with Gasteiger partial charge in [0.1, 0.15) is 18.5 Å². The molecule has 11 nitrogen and oxygen atoms in total. The van der Waals surface area contributed by atoms with E-state index in [1.54, 1.807) is 17.1 Å². The van der Waals surface area contributed by atoms with Crippen LogP contribution in [0.1, 0.15) is 25.8 Å². The Morgan fingerprint density at radius 3 is 2.64 bits per heavy atom. The molecule has 0 bridgehead atoms. The molecule has 3 atom stereocenters. The fourth-order valence-corrected chi connectivity index (χ4v) is 4.26. The molecule has 1 aromatic carbocycles. The third-order valence-corrected chi connectivity index (χ3v) is 6.18. The number of aliphatic hydroxyl groups excluding tert-OH is 1. The third kappa shape index (κ3) is 9.30. The number of hydrazine groups is 1. The van der Waals surface area contributed by atoms with Crippen LogP contribution in [0.5, 0.6) is 5.75 Å². The van der Waals surface area contributed by atoms with Gasteiger partial charge in [-0.1, -0.05) is 12.1 Å². The zero-order valence-corrected chi connectivity index (χ0v) is 21.1. The molecule has 36 heavy (non-hydrogen) atoms. The average Bonchev–Trinajstić information content (AvgIpc) is 3.21. The van der Waals surface area contributed by atoms with Gasteiger partial charge in [0.05, 0.1) is 31.8 Å². The summed E-state index contributed by atoms with van der Waals surface area (Å²) in [5.41, 5.74) is 0.884. The summed E-state index contributed by atoms with van der Waals surface area (Å²) in [7, 11) is 0. The summed E-state index contributed by atoms with van der Waals surface area (Å²) in [5, 5.41) is 26.6. The molecule has 0 radical (unpaired) electrons. The first-order chi connectivity index (χ1) is 17.3. The Kier molecular flexibility index (Phi) is 10.9. The van der Waals surface area contributed by atoms with Crippen molar-refractivity contribution in [2.45, 2.75) is 44.7 Å². The number of carbonyl (C=O) groups excluding carboxylic acids is 1. The van der Waals surface area contributed by atoms with Crippen LogP contribution in [0.3, 0.4) is 0 Å². The van der Waals surface area contributed by atoms with Crippen molar-refractivity contribution >= 4 is 12.4 Å². The van der Waals surface area contributed by atoms with Gasteiger partial charge in [-0.25, -0.2) is 5.01 Å². The van der Waals surface area contributed by atoms with Crippen LogP contribution in [0.15, 0.2) is 24.3 Å². The SMILES string of the molecule is CC1(C)OC[C@H](CC(Cc2ccc(OC[C@@H](O)CNCCN(C=O)N3CCOCC3)cc2)C(=O)O)O1. The quantitative estimate of drug-likeness (QED) is 0.227. The van der Waals surface area contributed by atoms with E-state index in [4.69, 9.17) is 18.9 Å². The molecule has 202 valence electrons. The van der Waals surface area contributed by atoms with E-state index < -0.39 is 23.8 Å². The van der Waals surface area contributed by atoms with Crippen molar-refractivity contribution in [2.75, 3.05) is 59.2 Å². The van der Waals surface area contributed by atoms with Gasteiger partial charge < -0.3 is 34.5 Å². The fourth-order valence-electron chi connectivity index (χ4n) is 4.26. The maximum Gasteiger partial charge on any atom is 0.306 e. The number of hydrogen-bond donors (Lipinski definition) is 3. The second-order valence-electron chi connectivity index (χ2n) is 9.57. The molecule has 2 aliphatic heterocycles. The summed E-state index contributed by atoms with van der Waals surface area (Å²) < 4.78 is 22.3. The summed E-state index contributed by atoms with van der Waals surface area (Å²) in [5.74, 6) is -1.52. The highest BCUT2D eigenvalue weighted by Crippen LogP contribution is 2.28. The topological polar surface area (TPSA) is 130 Å². The van der Waals surface area contributed by atoms with Gasteiger partial charge in [-0.15, -0.1) is 0 Å². The number of carboxylic acids is 1. The average molecular weight is 510 g/mol. The molecule has 3 N–H and O–H groups in total. The predicted octanol–water partition coefficient (Wildman–Crippen LogP) is 0.506. The molecule has 2 fully saturated rings. The number of rotatable bonds is 15. The van der Waals surface area contributed by atoms with Crippen molar-refractivity contribution in [1.82, 2.24) is 15.3 Å². The number of nitrogens with one attached hydrogen (secondary N) is 1. The molecule has 0 aromatic heterocycles. The molecule has 1 amide bonds. The zero-order chi connectivity index (χ0) is 26.0. The number of hydrogen-bond acceptors (Lipinski definition) is 9. The highest BCUT2D eigenvalue weighted by atomic mass is 16.7. The standard InChI is InChI=1S/C25H39N3O8/c1-25(2)35-17-23(36-25)14-20(24(31)32)13-19-3-5-22(6-4-19)34-16-21(30)15-26-7-8-28(18-29)27-9-11-33-12-10-27/h3-6,18,20-21,23,26,30H,7-17H2,1-2H3,(H,31,32)/t20?,21-,23-/m0/s1. The van der Waals surface area contributed by atoms with Crippen LogP contribution in [0.25, 0.3) is 0 Å². The highest BCUT2D eigenvalue weighted by Gasteiger charge is 2.35. The normalized spacial score (nSPS) is 21.6. The van der Waals surface area contributed by atoms with Crippen LogP contribution in [0.2, 0.25) is 0 Å². The summed E-state index contributed by atoms with van der Waals surface area (Å²) in [4.78, 5) is 23.1. The van der Waals surface area contributed by atoms with Gasteiger partial charge in [-0.2, -0.15) is 0 Å². The van der Waals surface area contributed by atoms with Gasteiger partial charge in [0.15, 0.2) is 5.79 Å². The number of benzene rings is 1. The first kappa shape index (κ1) is 28.3. The van der Waals surface area contributed by atoms with Crippen LogP contribution >= 0.6 is 0 Å².